The van der Waals surface area contributed by atoms with E-state index < -0.39 is 5.41 Å². The predicted molar refractivity (Wildman–Crippen MR) is 125 cm³/mol. The van der Waals surface area contributed by atoms with Crippen molar-refractivity contribution in [2.24, 2.45) is 5.41 Å². The number of carbonyl (C=O) groups excluding carboxylic acids is 2. The number of carbonyl (C=O) groups is 2. The molecule has 3 rings (SSSR count). The van der Waals surface area contributed by atoms with Gasteiger partial charge in [-0.15, -0.1) is 11.6 Å². The maximum atomic E-state index is 13.1. The zero-order valence-electron chi connectivity index (χ0n) is 18.7. The molecular weight excluding hydrogens is 416 g/mol. The highest BCUT2D eigenvalue weighted by Crippen LogP contribution is 2.28. The molecule has 0 radical (unpaired) electrons. The Morgan fingerprint density at radius 2 is 1.84 bits per heavy atom. The first-order valence-electron chi connectivity index (χ1n) is 11.3. The van der Waals surface area contributed by atoms with E-state index in [1.54, 1.807) is 19.9 Å². The van der Waals surface area contributed by atoms with E-state index in [1.165, 1.54) is 0 Å². The van der Waals surface area contributed by atoms with E-state index in [0.29, 0.717) is 17.8 Å². The number of hydrogen-bond donors (Lipinski definition) is 2. The van der Waals surface area contributed by atoms with E-state index in [2.05, 4.69) is 20.4 Å². The normalized spacial score (nSPS) is 17.6. The zero-order chi connectivity index (χ0) is 22.3. The first-order chi connectivity index (χ1) is 14.9. The summed E-state index contributed by atoms with van der Waals surface area (Å²) >= 11 is 5.93. The molecular formula is C23H35ClN4O3. The summed E-state index contributed by atoms with van der Waals surface area (Å²) in [5.41, 5.74) is 1.47. The molecule has 0 aromatic heterocycles. The summed E-state index contributed by atoms with van der Waals surface area (Å²) in [5.74, 6) is -0.0360. The van der Waals surface area contributed by atoms with Crippen molar-refractivity contribution in [3.63, 3.8) is 0 Å². The number of halogens is 1. The number of morpholine rings is 1. The van der Waals surface area contributed by atoms with Crippen molar-refractivity contribution >= 4 is 34.8 Å². The Bertz CT molecular complexity index is 759. The number of anilines is 2. The van der Waals surface area contributed by atoms with E-state index >= 15 is 0 Å². The molecule has 0 spiro atoms. The molecule has 1 aromatic rings. The van der Waals surface area contributed by atoms with E-state index in [0.717, 1.165) is 70.9 Å². The summed E-state index contributed by atoms with van der Waals surface area (Å²) < 4.78 is 5.38. The van der Waals surface area contributed by atoms with Gasteiger partial charge in [0.15, 0.2) is 0 Å². The predicted octanol–water partition coefficient (Wildman–Crippen LogP) is 2.94. The van der Waals surface area contributed by atoms with Gasteiger partial charge in [0.1, 0.15) is 0 Å². The molecule has 0 saturated carbocycles. The van der Waals surface area contributed by atoms with Gasteiger partial charge in [-0.3, -0.25) is 14.5 Å². The molecule has 7 nitrogen and oxygen atoms in total. The van der Waals surface area contributed by atoms with Crippen LogP contribution < -0.4 is 15.5 Å². The van der Waals surface area contributed by atoms with Crippen molar-refractivity contribution in [2.75, 3.05) is 68.6 Å². The summed E-state index contributed by atoms with van der Waals surface area (Å²) in [6.45, 7) is 10.5. The van der Waals surface area contributed by atoms with Crippen molar-refractivity contribution in [3.8, 4) is 0 Å². The molecule has 2 amide bonds. The third-order valence-electron chi connectivity index (χ3n) is 5.93. The fraction of sp³-hybridized carbons (Fsp3) is 0.652. The summed E-state index contributed by atoms with van der Waals surface area (Å²) in [6.07, 6.45) is 3.15. The highest BCUT2D eigenvalue weighted by atomic mass is 35.5. The number of amides is 2. The van der Waals surface area contributed by atoms with Gasteiger partial charge in [0.25, 0.3) is 5.91 Å². The maximum absolute atomic E-state index is 13.1. The minimum absolute atomic E-state index is 0.100. The standard InChI is InChI=1S/C23H35ClN4O3/c1-23(2,17-24)22(30)26-18-6-7-20(28-10-3-4-11-28)19(16-18)21(29)25-8-5-9-27-12-14-31-15-13-27/h6-7,16H,3-5,8-15,17H2,1-2H3,(H,25,29)(H,26,30). The number of nitrogens with zero attached hydrogens (tertiary/aromatic N) is 2. The van der Waals surface area contributed by atoms with Gasteiger partial charge in [0.2, 0.25) is 5.91 Å². The highest BCUT2D eigenvalue weighted by molar-refractivity contribution is 6.20. The van der Waals surface area contributed by atoms with Crippen molar-refractivity contribution in [1.82, 2.24) is 10.2 Å². The molecule has 2 N–H and O–H groups in total. The van der Waals surface area contributed by atoms with Crippen LogP contribution in [0.1, 0.15) is 43.5 Å². The molecule has 2 fully saturated rings. The Hall–Kier alpha value is -1.83. The Kier molecular flexibility index (Phi) is 8.58. The van der Waals surface area contributed by atoms with Crippen molar-refractivity contribution in [1.29, 1.82) is 0 Å². The van der Waals surface area contributed by atoms with E-state index in [-0.39, 0.29) is 17.7 Å². The van der Waals surface area contributed by atoms with Gasteiger partial charge in [-0.05, 0) is 57.9 Å². The molecule has 2 heterocycles. The van der Waals surface area contributed by atoms with Gasteiger partial charge in [0.05, 0.1) is 24.2 Å². The first kappa shape index (κ1) is 23.8. The van der Waals surface area contributed by atoms with Crippen LogP contribution in [-0.2, 0) is 9.53 Å². The van der Waals surface area contributed by atoms with Crippen molar-refractivity contribution in [2.45, 2.75) is 33.1 Å². The largest absolute Gasteiger partial charge is 0.379 e. The topological polar surface area (TPSA) is 73.9 Å². The van der Waals surface area contributed by atoms with Gasteiger partial charge in [-0.1, -0.05) is 0 Å². The lowest BCUT2D eigenvalue weighted by atomic mass is 9.95. The molecule has 2 aliphatic rings. The van der Waals surface area contributed by atoms with Gasteiger partial charge in [-0.25, -0.2) is 0 Å². The zero-order valence-corrected chi connectivity index (χ0v) is 19.5. The molecule has 8 heteroatoms. The fourth-order valence-corrected chi connectivity index (χ4v) is 3.94. The van der Waals surface area contributed by atoms with Crippen LogP contribution in [0.15, 0.2) is 18.2 Å². The van der Waals surface area contributed by atoms with Crippen LogP contribution in [0, 0.1) is 5.41 Å². The summed E-state index contributed by atoms with van der Waals surface area (Å²) in [6, 6.07) is 5.59. The molecule has 172 valence electrons. The van der Waals surface area contributed by atoms with Gasteiger partial charge < -0.3 is 20.3 Å². The second-order valence-corrected chi connectivity index (χ2v) is 9.23. The molecule has 2 saturated heterocycles. The lowest BCUT2D eigenvalue weighted by Gasteiger charge is -2.26. The van der Waals surface area contributed by atoms with Crippen molar-refractivity contribution in [3.05, 3.63) is 23.8 Å². The molecule has 0 unspecified atom stereocenters. The van der Waals surface area contributed by atoms with Crippen LogP contribution in [0.5, 0.6) is 0 Å². The Morgan fingerprint density at radius 1 is 1.13 bits per heavy atom. The minimum Gasteiger partial charge on any atom is -0.379 e. The second-order valence-electron chi connectivity index (χ2n) is 8.96. The van der Waals surface area contributed by atoms with Crippen LogP contribution in [0.4, 0.5) is 11.4 Å². The van der Waals surface area contributed by atoms with Gasteiger partial charge in [0, 0.05) is 50.0 Å². The Morgan fingerprint density at radius 3 is 2.52 bits per heavy atom. The lowest BCUT2D eigenvalue weighted by Crippen LogP contribution is -2.38. The third-order valence-corrected chi connectivity index (χ3v) is 6.60. The molecule has 0 bridgehead atoms. The molecule has 0 atom stereocenters. The summed E-state index contributed by atoms with van der Waals surface area (Å²) in [4.78, 5) is 30.2. The van der Waals surface area contributed by atoms with Crippen LogP contribution in [-0.4, -0.2) is 75.1 Å². The number of nitrogens with one attached hydrogen (secondary N) is 2. The summed E-state index contributed by atoms with van der Waals surface area (Å²) in [5, 5.41) is 5.98. The molecule has 2 aliphatic heterocycles. The molecule has 0 aliphatic carbocycles. The first-order valence-corrected chi connectivity index (χ1v) is 11.8. The van der Waals surface area contributed by atoms with Crippen LogP contribution >= 0.6 is 11.6 Å². The van der Waals surface area contributed by atoms with E-state index in [4.69, 9.17) is 16.3 Å². The maximum Gasteiger partial charge on any atom is 0.253 e. The number of ether oxygens (including phenoxy) is 1. The third kappa shape index (κ3) is 6.57. The second kappa shape index (κ2) is 11.2. The number of rotatable bonds is 9. The Labute approximate surface area is 190 Å². The van der Waals surface area contributed by atoms with E-state index in [1.807, 2.05) is 12.1 Å². The lowest BCUT2D eigenvalue weighted by molar-refractivity contribution is -0.122. The molecule has 31 heavy (non-hydrogen) atoms. The minimum atomic E-state index is -0.683. The van der Waals surface area contributed by atoms with Crippen LogP contribution in [0.3, 0.4) is 0 Å². The summed E-state index contributed by atoms with van der Waals surface area (Å²) in [7, 11) is 0. The smallest absolute Gasteiger partial charge is 0.253 e. The fourth-order valence-electron chi connectivity index (χ4n) is 3.82. The average molecular weight is 451 g/mol. The van der Waals surface area contributed by atoms with Crippen LogP contribution in [0.2, 0.25) is 0 Å². The van der Waals surface area contributed by atoms with E-state index in [9.17, 15) is 9.59 Å². The highest BCUT2D eigenvalue weighted by Gasteiger charge is 2.27. The number of benzene rings is 1. The number of alkyl halides is 1. The average Bonchev–Trinajstić information content (AvgIpc) is 3.32. The number of hydrogen-bond acceptors (Lipinski definition) is 5. The SMILES string of the molecule is CC(C)(CCl)C(=O)Nc1ccc(N2CCCC2)c(C(=O)NCCCN2CCOCC2)c1. The van der Waals surface area contributed by atoms with Gasteiger partial charge in [-0.2, -0.15) is 0 Å². The van der Waals surface area contributed by atoms with Gasteiger partial charge >= 0.3 is 0 Å². The molecule has 1 aromatic carbocycles. The Balaban J connectivity index is 1.65. The monoisotopic (exact) mass is 450 g/mol. The van der Waals surface area contributed by atoms with Crippen LogP contribution in [0.25, 0.3) is 0 Å². The van der Waals surface area contributed by atoms with Crippen molar-refractivity contribution < 1.29 is 14.3 Å². The quantitative estimate of drug-likeness (QED) is 0.447.